The molecule has 1 aliphatic rings. The normalized spacial score (nSPS) is 16.9. The van der Waals surface area contributed by atoms with Crippen molar-refractivity contribution in [1.29, 1.82) is 0 Å². The highest BCUT2D eigenvalue weighted by Crippen LogP contribution is 2.33. The Morgan fingerprint density at radius 3 is 2.81 bits per heavy atom. The molecule has 1 fully saturated rings. The maximum atomic E-state index is 13.3. The molecule has 0 saturated carbocycles. The highest BCUT2D eigenvalue weighted by Gasteiger charge is 2.29. The molecule has 5 nitrogen and oxygen atoms in total. The van der Waals surface area contributed by atoms with Gasteiger partial charge in [-0.25, -0.2) is 4.68 Å². The topological polar surface area (TPSA) is 47.4 Å². The number of methoxy groups -OCH3 is 1. The number of hydrogen-bond donors (Lipinski definition) is 0. The highest BCUT2D eigenvalue weighted by molar-refractivity contribution is 5.95. The Morgan fingerprint density at radius 1 is 1.11 bits per heavy atom. The van der Waals surface area contributed by atoms with Crippen LogP contribution in [0.1, 0.15) is 41.2 Å². The lowest BCUT2D eigenvalue weighted by Crippen LogP contribution is -2.38. The number of hydrogen-bond acceptors (Lipinski definition) is 3. The molecule has 4 rings (SSSR count). The smallest absolute Gasteiger partial charge is 0.254 e. The number of benzene rings is 2. The minimum absolute atomic E-state index is 0.0662. The fourth-order valence-corrected chi connectivity index (χ4v) is 3.74. The average molecular weight is 361 g/mol. The van der Waals surface area contributed by atoms with Crippen molar-refractivity contribution in [3.63, 3.8) is 0 Å². The van der Waals surface area contributed by atoms with Crippen molar-refractivity contribution < 1.29 is 9.53 Å². The molecule has 2 heterocycles. The first-order valence-corrected chi connectivity index (χ1v) is 9.31. The van der Waals surface area contributed by atoms with E-state index in [9.17, 15) is 4.79 Å². The van der Waals surface area contributed by atoms with Crippen molar-refractivity contribution in [2.24, 2.45) is 0 Å². The molecule has 0 unspecified atom stereocenters. The van der Waals surface area contributed by atoms with Crippen LogP contribution in [-0.4, -0.2) is 34.2 Å². The van der Waals surface area contributed by atoms with Gasteiger partial charge in [0.25, 0.3) is 5.91 Å². The van der Waals surface area contributed by atoms with Crippen LogP contribution in [0.2, 0.25) is 0 Å². The maximum absolute atomic E-state index is 13.3. The zero-order chi connectivity index (χ0) is 18.6. The number of nitrogens with zero attached hydrogens (tertiary/aromatic N) is 3. The summed E-state index contributed by atoms with van der Waals surface area (Å²) in [6, 6.07) is 17.7. The van der Waals surface area contributed by atoms with Crippen LogP contribution in [0.15, 0.2) is 67.0 Å². The molecule has 27 heavy (non-hydrogen) atoms. The second-order valence-electron chi connectivity index (χ2n) is 6.79. The summed E-state index contributed by atoms with van der Waals surface area (Å²) in [6.45, 7) is 0.771. The summed E-state index contributed by atoms with van der Waals surface area (Å²) in [7, 11) is 1.67. The van der Waals surface area contributed by atoms with Crippen molar-refractivity contribution in [3.05, 3.63) is 78.1 Å². The third-order valence-electron chi connectivity index (χ3n) is 5.10. The number of aromatic nitrogens is 2. The van der Waals surface area contributed by atoms with E-state index in [-0.39, 0.29) is 11.9 Å². The van der Waals surface area contributed by atoms with E-state index >= 15 is 0 Å². The lowest BCUT2D eigenvalue weighted by Gasteiger charge is -2.36. The minimum atomic E-state index is 0.0662. The first-order chi connectivity index (χ1) is 13.3. The molecule has 1 atom stereocenters. The van der Waals surface area contributed by atoms with Gasteiger partial charge < -0.3 is 9.64 Å². The zero-order valence-electron chi connectivity index (χ0n) is 15.4. The van der Waals surface area contributed by atoms with E-state index in [4.69, 9.17) is 4.74 Å². The molecule has 0 aliphatic carbocycles. The van der Waals surface area contributed by atoms with Gasteiger partial charge in [0.05, 0.1) is 18.8 Å². The van der Waals surface area contributed by atoms with Crippen molar-refractivity contribution in [2.75, 3.05) is 13.7 Å². The van der Waals surface area contributed by atoms with Gasteiger partial charge >= 0.3 is 0 Å². The van der Waals surface area contributed by atoms with Gasteiger partial charge in [0, 0.05) is 24.5 Å². The molecule has 3 aromatic rings. The maximum Gasteiger partial charge on any atom is 0.254 e. The van der Waals surface area contributed by atoms with Crippen LogP contribution in [0, 0.1) is 0 Å². The Morgan fingerprint density at radius 2 is 2.00 bits per heavy atom. The summed E-state index contributed by atoms with van der Waals surface area (Å²) in [6.07, 6.45) is 6.74. The monoisotopic (exact) mass is 361 g/mol. The fraction of sp³-hybridized carbons (Fsp3) is 0.273. The van der Waals surface area contributed by atoms with Gasteiger partial charge in [-0.15, -0.1) is 0 Å². The van der Waals surface area contributed by atoms with Crippen molar-refractivity contribution in [1.82, 2.24) is 14.7 Å². The largest absolute Gasteiger partial charge is 0.497 e. The molecule has 138 valence electrons. The van der Waals surface area contributed by atoms with Crippen LogP contribution in [0.25, 0.3) is 5.69 Å². The van der Waals surface area contributed by atoms with Gasteiger partial charge in [0.15, 0.2) is 0 Å². The van der Waals surface area contributed by atoms with Crippen LogP contribution in [-0.2, 0) is 0 Å². The molecule has 1 aliphatic heterocycles. The molecule has 1 aromatic heterocycles. The molecule has 0 radical (unpaired) electrons. The van der Waals surface area contributed by atoms with Gasteiger partial charge in [-0.05, 0) is 61.2 Å². The zero-order valence-corrected chi connectivity index (χ0v) is 15.4. The molecule has 0 spiro atoms. The molecule has 2 aromatic carbocycles. The van der Waals surface area contributed by atoms with Gasteiger partial charge in [-0.2, -0.15) is 5.10 Å². The fourth-order valence-electron chi connectivity index (χ4n) is 3.74. The Balaban J connectivity index is 1.64. The number of likely N-dealkylation sites (tertiary alicyclic amines) is 1. The standard InChI is InChI=1S/C22H23N3O2/c1-27-20-10-5-7-17(16-20)21-11-2-3-13-24(21)22(26)18-8-4-9-19(15-18)25-14-6-12-23-25/h4-10,12,14-16,21H,2-3,11,13H2,1H3/t21-/m0/s1. The second-order valence-corrected chi connectivity index (χ2v) is 6.79. The van der Waals surface area contributed by atoms with E-state index in [1.165, 1.54) is 0 Å². The van der Waals surface area contributed by atoms with E-state index in [0.717, 1.165) is 42.8 Å². The van der Waals surface area contributed by atoms with Crippen LogP contribution < -0.4 is 4.74 Å². The average Bonchev–Trinajstić information content (AvgIpc) is 3.28. The number of amides is 1. The number of rotatable bonds is 4. The number of piperidine rings is 1. The first kappa shape index (κ1) is 17.3. The van der Waals surface area contributed by atoms with Crippen molar-refractivity contribution >= 4 is 5.91 Å². The lowest BCUT2D eigenvalue weighted by atomic mass is 9.94. The summed E-state index contributed by atoms with van der Waals surface area (Å²) in [5, 5.41) is 4.26. The third kappa shape index (κ3) is 3.58. The molecular weight excluding hydrogens is 338 g/mol. The summed E-state index contributed by atoms with van der Waals surface area (Å²) >= 11 is 0. The molecule has 5 heteroatoms. The molecule has 1 amide bonds. The van der Waals surface area contributed by atoms with E-state index in [1.807, 2.05) is 59.6 Å². The van der Waals surface area contributed by atoms with E-state index < -0.39 is 0 Å². The molecule has 0 N–H and O–H groups in total. The SMILES string of the molecule is COc1cccc([C@@H]2CCCCN2C(=O)c2cccc(-n3cccn3)c2)c1. The predicted molar refractivity (Wildman–Crippen MR) is 104 cm³/mol. The lowest BCUT2D eigenvalue weighted by molar-refractivity contribution is 0.0611. The Labute approximate surface area is 159 Å². The summed E-state index contributed by atoms with van der Waals surface area (Å²) in [4.78, 5) is 15.3. The van der Waals surface area contributed by atoms with E-state index in [2.05, 4.69) is 11.2 Å². The summed E-state index contributed by atoms with van der Waals surface area (Å²) in [5.74, 6) is 0.891. The van der Waals surface area contributed by atoms with Crippen molar-refractivity contribution in [2.45, 2.75) is 25.3 Å². The van der Waals surface area contributed by atoms with Crippen molar-refractivity contribution in [3.8, 4) is 11.4 Å². The predicted octanol–water partition coefficient (Wildman–Crippen LogP) is 4.25. The second kappa shape index (κ2) is 7.66. The van der Waals surface area contributed by atoms with Crippen LogP contribution >= 0.6 is 0 Å². The minimum Gasteiger partial charge on any atom is -0.497 e. The van der Waals surface area contributed by atoms with Gasteiger partial charge in [0.1, 0.15) is 5.75 Å². The van der Waals surface area contributed by atoms with Crippen LogP contribution in [0.4, 0.5) is 0 Å². The van der Waals surface area contributed by atoms with E-state index in [0.29, 0.717) is 5.56 Å². The Kier molecular flexibility index (Phi) is 4.92. The number of ether oxygens (including phenoxy) is 1. The number of carbonyl (C=O) groups is 1. The molecular formula is C22H23N3O2. The van der Waals surface area contributed by atoms with E-state index in [1.54, 1.807) is 18.0 Å². The highest BCUT2D eigenvalue weighted by atomic mass is 16.5. The Bertz CT molecular complexity index is 921. The Hall–Kier alpha value is -3.08. The summed E-state index contributed by atoms with van der Waals surface area (Å²) in [5.41, 5.74) is 2.71. The first-order valence-electron chi connectivity index (χ1n) is 9.31. The summed E-state index contributed by atoms with van der Waals surface area (Å²) < 4.78 is 7.14. The van der Waals surface area contributed by atoms with Gasteiger partial charge in [0.2, 0.25) is 0 Å². The number of carbonyl (C=O) groups excluding carboxylic acids is 1. The molecule has 1 saturated heterocycles. The molecule has 0 bridgehead atoms. The third-order valence-corrected chi connectivity index (χ3v) is 5.10. The van der Waals surface area contributed by atoms with Crippen LogP contribution in [0.3, 0.4) is 0 Å². The van der Waals surface area contributed by atoms with Gasteiger partial charge in [-0.1, -0.05) is 18.2 Å². The van der Waals surface area contributed by atoms with Crippen LogP contribution in [0.5, 0.6) is 5.75 Å². The van der Waals surface area contributed by atoms with Gasteiger partial charge in [-0.3, -0.25) is 4.79 Å². The quantitative estimate of drug-likeness (QED) is 0.698.